The second-order valence-electron chi connectivity index (χ2n) is 7.75. The molecule has 3 nitrogen and oxygen atoms in total. The largest absolute Gasteiger partial charge is 0.458 e. The van der Waals surface area contributed by atoms with Gasteiger partial charge >= 0.3 is 0 Å². The van der Waals surface area contributed by atoms with Crippen LogP contribution in [-0.2, 0) is 0 Å². The molecule has 2 aliphatic rings. The van der Waals surface area contributed by atoms with Crippen LogP contribution >= 0.6 is 0 Å². The zero-order chi connectivity index (χ0) is 19.7. The maximum Gasteiger partial charge on any atom is 0.260 e. The lowest BCUT2D eigenvalue weighted by atomic mass is 9.35. The van der Waals surface area contributed by atoms with E-state index in [0.29, 0.717) is 0 Å². The molecule has 4 heteroatoms. The van der Waals surface area contributed by atoms with E-state index in [1.54, 1.807) is 0 Å². The second kappa shape index (κ2) is 5.80. The minimum absolute atomic E-state index is 0.0922. The molecule has 0 saturated heterocycles. The molecule has 1 aromatic heterocycles. The van der Waals surface area contributed by atoms with E-state index in [1.807, 2.05) is 42.5 Å². The Labute approximate surface area is 173 Å². The van der Waals surface area contributed by atoms with Gasteiger partial charge < -0.3 is 13.9 Å². The lowest BCUT2D eigenvalue weighted by Crippen LogP contribution is -2.57. The summed E-state index contributed by atoms with van der Waals surface area (Å²) in [5.41, 5.74) is 5.22. The zero-order valence-electron chi connectivity index (χ0n) is 16.0. The molecule has 0 amide bonds. The van der Waals surface area contributed by atoms with Crippen molar-refractivity contribution in [3.8, 4) is 34.3 Å². The Kier molecular flexibility index (Phi) is 3.08. The van der Waals surface area contributed by atoms with Crippen LogP contribution in [0.1, 0.15) is 0 Å². The van der Waals surface area contributed by atoms with Crippen LogP contribution in [0.15, 0.2) is 95.4 Å². The molecule has 0 spiro atoms. The number of hydrogen-bond acceptors (Lipinski definition) is 3. The van der Waals surface area contributed by atoms with Gasteiger partial charge in [0.05, 0.1) is 0 Å². The Morgan fingerprint density at radius 2 is 1.17 bits per heavy atom. The van der Waals surface area contributed by atoms with E-state index in [-0.39, 0.29) is 6.71 Å². The molecule has 0 aliphatic carbocycles. The molecule has 0 radical (unpaired) electrons. The topological polar surface area (TPSA) is 31.6 Å². The molecule has 4 aromatic carbocycles. The quantitative estimate of drug-likeness (QED) is 0.379. The SMILES string of the molecule is c1ccc2c(c1)Oc1cc(-c3cc4ccccc4o3)cc3c1B2c1ccccc1O3. The number of furan rings is 1. The molecule has 0 atom stereocenters. The standard InChI is InChI=1S/C26H15BO3/c1-4-10-20-16(7-1)13-23(28-20)17-14-24-26-25(15-17)30-22-12-6-3-9-19(22)27(26)18-8-2-5-11-21(18)29-24/h1-15H. The maximum atomic E-state index is 6.35. The van der Waals surface area contributed by atoms with E-state index in [9.17, 15) is 0 Å². The number of benzene rings is 4. The molecular formula is C26H15BO3. The monoisotopic (exact) mass is 386 g/mol. The molecule has 0 N–H and O–H groups in total. The number of fused-ring (bicyclic) bond motifs is 5. The van der Waals surface area contributed by atoms with Crippen molar-refractivity contribution in [2.24, 2.45) is 0 Å². The molecule has 0 saturated carbocycles. The van der Waals surface area contributed by atoms with E-state index in [1.165, 1.54) is 10.9 Å². The molecular weight excluding hydrogens is 371 g/mol. The summed E-state index contributed by atoms with van der Waals surface area (Å²) in [6.07, 6.45) is 0. The summed E-state index contributed by atoms with van der Waals surface area (Å²) in [5, 5.41) is 1.08. The third-order valence-corrected chi connectivity index (χ3v) is 6.00. The van der Waals surface area contributed by atoms with Crippen molar-refractivity contribution in [2.45, 2.75) is 0 Å². The van der Waals surface area contributed by atoms with Crippen molar-refractivity contribution in [3.63, 3.8) is 0 Å². The molecule has 0 bridgehead atoms. The summed E-state index contributed by atoms with van der Waals surface area (Å²) >= 11 is 0. The average molecular weight is 386 g/mol. The smallest absolute Gasteiger partial charge is 0.260 e. The van der Waals surface area contributed by atoms with Crippen LogP contribution in [0.2, 0.25) is 0 Å². The van der Waals surface area contributed by atoms with Crippen molar-refractivity contribution < 1.29 is 13.9 Å². The minimum atomic E-state index is 0.0922. The van der Waals surface area contributed by atoms with Crippen molar-refractivity contribution >= 4 is 34.1 Å². The Morgan fingerprint density at radius 1 is 0.567 bits per heavy atom. The molecule has 30 heavy (non-hydrogen) atoms. The predicted molar refractivity (Wildman–Crippen MR) is 119 cm³/mol. The first kappa shape index (κ1) is 15.9. The third-order valence-electron chi connectivity index (χ3n) is 6.00. The number of ether oxygens (including phenoxy) is 2. The lowest BCUT2D eigenvalue weighted by molar-refractivity contribution is 0.464. The van der Waals surface area contributed by atoms with Crippen LogP contribution in [0.5, 0.6) is 23.0 Å². The Morgan fingerprint density at radius 3 is 1.83 bits per heavy atom. The predicted octanol–water partition coefficient (Wildman–Crippen LogP) is 4.83. The fourth-order valence-corrected chi connectivity index (χ4v) is 4.66. The van der Waals surface area contributed by atoms with Gasteiger partial charge in [-0.1, -0.05) is 54.6 Å². The third kappa shape index (κ3) is 2.16. The van der Waals surface area contributed by atoms with Crippen LogP contribution in [0.3, 0.4) is 0 Å². The highest BCUT2D eigenvalue weighted by atomic mass is 16.5. The fourth-order valence-electron chi connectivity index (χ4n) is 4.66. The first-order valence-corrected chi connectivity index (χ1v) is 10.1. The highest BCUT2D eigenvalue weighted by Gasteiger charge is 2.40. The zero-order valence-corrected chi connectivity index (χ0v) is 16.0. The van der Waals surface area contributed by atoms with Crippen molar-refractivity contribution in [3.05, 3.63) is 91.0 Å². The maximum absolute atomic E-state index is 6.35. The van der Waals surface area contributed by atoms with E-state index in [4.69, 9.17) is 13.9 Å². The summed E-state index contributed by atoms with van der Waals surface area (Å²) < 4.78 is 18.8. The highest BCUT2D eigenvalue weighted by molar-refractivity contribution is 6.98. The average Bonchev–Trinajstić information content (AvgIpc) is 3.23. The fraction of sp³-hybridized carbons (Fsp3) is 0. The van der Waals surface area contributed by atoms with Gasteiger partial charge in [0.15, 0.2) is 0 Å². The molecule has 140 valence electrons. The Balaban J connectivity index is 1.49. The summed E-state index contributed by atoms with van der Waals surface area (Å²) in [6.45, 7) is 0.0922. The summed E-state index contributed by atoms with van der Waals surface area (Å²) in [7, 11) is 0. The van der Waals surface area contributed by atoms with Crippen LogP contribution in [0.25, 0.3) is 22.3 Å². The van der Waals surface area contributed by atoms with Crippen molar-refractivity contribution in [1.82, 2.24) is 0 Å². The van der Waals surface area contributed by atoms with Gasteiger partial charge in [0.25, 0.3) is 6.71 Å². The number of hydrogen-bond donors (Lipinski definition) is 0. The summed E-state index contributed by atoms with van der Waals surface area (Å²) in [4.78, 5) is 0. The highest BCUT2D eigenvalue weighted by Crippen LogP contribution is 2.39. The lowest BCUT2D eigenvalue weighted by Gasteiger charge is -2.33. The molecule has 3 heterocycles. The van der Waals surface area contributed by atoms with E-state index < -0.39 is 0 Å². The molecule has 7 rings (SSSR count). The van der Waals surface area contributed by atoms with Gasteiger partial charge in [-0.3, -0.25) is 0 Å². The Hall–Kier alpha value is -3.92. The number of rotatable bonds is 1. The first-order chi connectivity index (χ1) is 14.8. The molecule has 0 fully saturated rings. The molecule has 0 unspecified atom stereocenters. The van der Waals surface area contributed by atoms with Crippen molar-refractivity contribution in [1.29, 1.82) is 0 Å². The van der Waals surface area contributed by atoms with E-state index in [0.717, 1.165) is 50.8 Å². The molecule has 5 aromatic rings. The van der Waals surface area contributed by atoms with Crippen LogP contribution in [-0.4, -0.2) is 6.71 Å². The van der Waals surface area contributed by atoms with Gasteiger partial charge in [0.2, 0.25) is 0 Å². The van der Waals surface area contributed by atoms with E-state index in [2.05, 4.69) is 48.5 Å². The van der Waals surface area contributed by atoms with Gasteiger partial charge in [0, 0.05) is 16.4 Å². The van der Waals surface area contributed by atoms with Gasteiger partial charge in [0.1, 0.15) is 34.3 Å². The van der Waals surface area contributed by atoms with Gasteiger partial charge in [-0.15, -0.1) is 0 Å². The Bertz CT molecular complexity index is 1360. The van der Waals surface area contributed by atoms with E-state index >= 15 is 0 Å². The van der Waals surface area contributed by atoms with Gasteiger partial charge in [-0.2, -0.15) is 0 Å². The van der Waals surface area contributed by atoms with Gasteiger partial charge in [-0.25, -0.2) is 0 Å². The van der Waals surface area contributed by atoms with Crippen LogP contribution in [0, 0.1) is 0 Å². The minimum Gasteiger partial charge on any atom is -0.458 e. The van der Waals surface area contributed by atoms with Crippen LogP contribution in [0.4, 0.5) is 0 Å². The molecule has 2 aliphatic heterocycles. The first-order valence-electron chi connectivity index (χ1n) is 10.1. The second-order valence-corrected chi connectivity index (χ2v) is 7.75. The number of para-hydroxylation sites is 3. The van der Waals surface area contributed by atoms with Crippen LogP contribution < -0.4 is 25.9 Å². The van der Waals surface area contributed by atoms with Gasteiger partial charge in [-0.05, 0) is 47.3 Å². The summed E-state index contributed by atoms with van der Waals surface area (Å²) in [5.74, 6) is 4.22. The normalized spacial score (nSPS) is 13.1. The van der Waals surface area contributed by atoms with Crippen molar-refractivity contribution in [2.75, 3.05) is 0 Å². The summed E-state index contributed by atoms with van der Waals surface area (Å²) in [6, 6.07) is 30.7.